The summed E-state index contributed by atoms with van der Waals surface area (Å²) >= 11 is 6.93. The molecule has 0 saturated carbocycles. The second-order valence-corrected chi connectivity index (χ2v) is 6.04. The number of halogens is 2. The van der Waals surface area contributed by atoms with Gasteiger partial charge in [-0.25, -0.2) is 0 Å². The Balaban J connectivity index is 2.37. The molecule has 2 aromatic rings. The highest BCUT2D eigenvalue weighted by Gasteiger charge is 2.11. The molecule has 0 atom stereocenters. The van der Waals surface area contributed by atoms with Crippen molar-refractivity contribution in [3.63, 3.8) is 0 Å². The summed E-state index contributed by atoms with van der Waals surface area (Å²) in [6.45, 7) is 2.47. The normalized spacial score (nSPS) is 10.4. The third-order valence-electron chi connectivity index (χ3n) is 2.86. The van der Waals surface area contributed by atoms with Crippen LogP contribution in [0.4, 0.5) is 0 Å². The van der Waals surface area contributed by atoms with Gasteiger partial charge in [-0.3, -0.25) is 0 Å². The highest BCUT2D eigenvalue weighted by atomic mass is 79.9. The molecule has 0 unspecified atom stereocenters. The van der Waals surface area contributed by atoms with Crippen LogP contribution in [-0.4, -0.2) is 7.11 Å². The first kappa shape index (κ1) is 15.4. The lowest BCUT2D eigenvalue weighted by Gasteiger charge is -2.13. The number of nitrogens with two attached hydrogens (primary N) is 1. The molecular weight excluding hydrogens is 386 g/mol. The molecule has 0 aliphatic rings. The maximum atomic E-state index is 5.95. The van der Waals surface area contributed by atoms with Crippen LogP contribution in [0.5, 0.6) is 17.2 Å². The average Bonchev–Trinajstić information content (AvgIpc) is 2.44. The predicted octanol–water partition coefficient (Wildman–Crippen LogP) is 4.78. The van der Waals surface area contributed by atoms with Crippen molar-refractivity contribution >= 4 is 31.9 Å². The number of ether oxygens (including phenoxy) is 2. The van der Waals surface area contributed by atoms with E-state index in [1.54, 1.807) is 7.11 Å². The Morgan fingerprint density at radius 1 is 1.00 bits per heavy atom. The quantitative estimate of drug-likeness (QED) is 0.803. The van der Waals surface area contributed by atoms with Gasteiger partial charge in [0.1, 0.15) is 17.2 Å². The Kier molecular flexibility index (Phi) is 5.07. The number of rotatable bonds is 4. The molecule has 0 amide bonds. The highest BCUT2D eigenvalue weighted by Crippen LogP contribution is 2.38. The molecule has 5 heteroatoms. The molecule has 0 radical (unpaired) electrons. The Morgan fingerprint density at radius 2 is 1.65 bits per heavy atom. The van der Waals surface area contributed by atoms with E-state index in [4.69, 9.17) is 15.2 Å². The summed E-state index contributed by atoms with van der Waals surface area (Å²) < 4.78 is 12.8. The van der Waals surface area contributed by atoms with Gasteiger partial charge in [-0.15, -0.1) is 0 Å². The van der Waals surface area contributed by atoms with E-state index in [9.17, 15) is 0 Å². The molecule has 0 spiro atoms. The first-order valence-electron chi connectivity index (χ1n) is 6.05. The minimum atomic E-state index is 0.436. The fraction of sp³-hybridized carbons (Fsp3) is 0.200. The molecule has 2 N–H and O–H groups in total. The zero-order valence-electron chi connectivity index (χ0n) is 11.2. The molecule has 0 aliphatic heterocycles. The van der Waals surface area contributed by atoms with Crippen LogP contribution in [0.15, 0.2) is 39.3 Å². The zero-order chi connectivity index (χ0) is 14.7. The third-order valence-corrected chi connectivity index (χ3v) is 4.10. The second-order valence-electron chi connectivity index (χ2n) is 4.33. The Labute approximate surface area is 135 Å². The molecule has 0 saturated heterocycles. The number of aryl methyl sites for hydroxylation is 1. The fourth-order valence-electron chi connectivity index (χ4n) is 1.83. The molecule has 2 rings (SSSR count). The van der Waals surface area contributed by atoms with Gasteiger partial charge in [0, 0.05) is 12.1 Å². The lowest BCUT2D eigenvalue weighted by atomic mass is 10.1. The number of methoxy groups -OCH3 is 1. The molecule has 20 heavy (non-hydrogen) atoms. The van der Waals surface area contributed by atoms with Crippen LogP contribution in [0.25, 0.3) is 0 Å². The first-order valence-corrected chi connectivity index (χ1v) is 7.64. The van der Waals surface area contributed by atoms with Gasteiger partial charge in [0.05, 0.1) is 16.1 Å². The monoisotopic (exact) mass is 399 g/mol. The van der Waals surface area contributed by atoms with E-state index in [0.717, 1.165) is 31.6 Å². The second kappa shape index (κ2) is 6.61. The van der Waals surface area contributed by atoms with Gasteiger partial charge in [-0.1, -0.05) is 17.7 Å². The van der Waals surface area contributed by atoms with Crippen molar-refractivity contribution in [1.82, 2.24) is 0 Å². The lowest BCUT2D eigenvalue weighted by molar-refractivity contribution is 0.409. The molecule has 0 heterocycles. The standard InChI is InChI=1S/C15H15Br2NO2/c1-9-3-4-13(10(5-9)8-18)20-15-7-11(16)14(19-2)6-12(15)17/h3-7H,8,18H2,1-2H3. The SMILES string of the molecule is COc1cc(Br)c(Oc2ccc(C)cc2CN)cc1Br. The highest BCUT2D eigenvalue weighted by molar-refractivity contribution is 9.11. The van der Waals surface area contributed by atoms with Crippen LogP contribution in [0.3, 0.4) is 0 Å². The van der Waals surface area contributed by atoms with Crippen LogP contribution in [-0.2, 0) is 6.54 Å². The van der Waals surface area contributed by atoms with Crippen molar-refractivity contribution < 1.29 is 9.47 Å². The lowest BCUT2D eigenvalue weighted by Crippen LogP contribution is -2.00. The summed E-state index contributed by atoms with van der Waals surface area (Å²) in [5.41, 5.74) is 7.90. The molecular formula is C15H15Br2NO2. The van der Waals surface area contributed by atoms with Gasteiger partial charge in [0.2, 0.25) is 0 Å². The first-order chi connectivity index (χ1) is 9.55. The molecule has 2 aromatic carbocycles. The van der Waals surface area contributed by atoms with E-state index >= 15 is 0 Å². The number of benzene rings is 2. The number of hydrogen-bond acceptors (Lipinski definition) is 3. The summed E-state index contributed by atoms with van der Waals surface area (Å²) in [6.07, 6.45) is 0. The Morgan fingerprint density at radius 3 is 2.30 bits per heavy atom. The zero-order valence-corrected chi connectivity index (χ0v) is 14.4. The summed E-state index contributed by atoms with van der Waals surface area (Å²) in [4.78, 5) is 0. The maximum Gasteiger partial charge on any atom is 0.143 e. The topological polar surface area (TPSA) is 44.5 Å². The van der Waals surface area contributed by atoms with Gasteiger partial charge in [0.15, 0.2) is 0 Å². The Bertz CT molecular complexity index is 630. The van der Waals surface area contributed by atoms with E-state index in [-0.39, 0.29) is 0 Å². The fourth-order valence-corrected chi connectivity index (χ4v) is 2.72. The van der Waals surface area contributed by atoms with Crippen molar-refractivity contribution in [2.24, 2.45) is 5.73 Å². The number of hydrogen-bond donors (Lipinski definition) is 1. The summed E-state index contributed by atoms with van der Waals surface area (Å²) in [6, 6.07) is 9.68. The van der Waals surface area contributed by atoms with Crippen LogP contribution in [0.2, 0.25) is 0 Å². The van der Waals surface area contributed by atoms with Gasteiger partial charge >= 0.3 is 0 Å². The van der Waals surface area contributed by atoms with Gasteiger partial charge in [0.25, 0.3) is 0 Å². The molecule has 0 bridgehead atoms. The predicted molar refractivity (Wildman–Crippen MR) is 87.5 cm³/mol. The van der Waals surface area contributed by atoms with Gasteiger partial charge < -0.3 is 15.2 Å². The van der Waals surface area contributed by atoms with E-state index in [1.807, 2.05) is 37.3 Å². The molecule has 0 fully saturated rings. The molecule has 0 aliphatic carbocycles. The van der Waals surface area contributed by atoms with Crippen molar-refractivity contribution in [2.45, 2.75) is 13.5 Å². The van der Waals surface area contributed by atoms with E-state index < -0.39 is 0 Å². The average molecular weight is 401 g/mol. The van der Waals surface area contributed by atoms with Crippen LogP contribution in [0, 0.1) is 6.92 Å². The van der Waals surface area contributed by atoms with Crippen molar-refractivity contribution in [3.05, 3.63) is 50.4 Å². The van der Waals surface area contributed by atoms with Gasteiger partial charge in [-0.2, -0.15) is 0 Å². The van der Waals surface area contributed by atoms with E-state index in [1.165, 1.54) is 0 Å². The van der Waals surface area contributed by atoms with Crippen molar-refractivity contribution in [1.29, 1.82) is 0 Å². The molecule has 3 nitrogen and oxygen atoms in total. The third kappa shape index (κ3) is 3.34. The summed E-state index contributed by atoms with van der Waals surface area (Å²) in [5, 5.41) is 0. The maximum absolute atomic E-state index is 5.95. The van der Waals surface area contributed by atoms with E-state index in [2.05, 4.69) is 31.9 Å². The summed E-state index contributed by atoms with van der Waals surface area (Å²) in [5.74, 6) is 2.21. The van der Waals surface area contributed by atoms with Crippen LogP contribution >= 0.6 is 31.9 Å². The van der Waals surface area contributed by atoms with E-state index in [0.29, 0.717) is 12.3 Å². The van der Waals surface area contributed by atoms with Crippen LogP contribution < -0.4 is 15.2 Å². The minimum absolute atomic E-state index is 0.436. The molecule has 0 aromatic heterocycles. The van der Waals surface area contributed by atoms with Crippen molar-refractivity contribution in [3.8, 4) is 17.2 Å². The summed E-state index contributed by atoms with van der Waals surface area (Å²) in [7, 11) is 1.62. The minimum Gasteiger partial charge on any atom is -0.496 e. The van der Waals surface area contributed by atoms with Crippen LogP contribution in [0.1, 0.15) is 11.1 Å². The van der Waals surface area contributed by atoms with Crippen molar-refractivity contribution in [2.75, 3.05) is 7.11 Å². The smallest absolute Gasteiger partial charge is 0.143 e. The Hall–Kier alpha value is -1.04. The van der Waals surface area contributed by atoms with Gasteiger partial charge in [-0.05, 0) is 57.0 Å². The molecule has 106 valence electrons. The largest absolute Gasteiger partial charge is 0.496 e.